The summed E-state index contributed by atoms with van der Waals surface area (Å²) in [4.78, 5) is 29.1. The third kappa shape index (κ3) is 9.33. The molecule has 3 rings (SSSR count). The van der Waals surface area contributed by atoms with Crippen molar-refractivity contribution in [1.29, 1.82) is 0 Å². The minimum Gasteiger partial charge on any atom is -0.354 e. The lowest BCUT2D eigenvalue weighted by molar-refractivity contribution is -0.141. The summed E-state index contributed by atoms with van der Waals surface area (Å²) < 4.78 is 27.0. The summed E-state index contributed by atoms with van der Waals surface area (Å²) in [6.45, 7) is 6.95. The molecule has 0 aliphatic carbocycles. The van der Waals surface area contributed by atoms with Crippen LogP contribution in [0.5, 0.6) is 0 Å². The van der Waals surface area contributed by atoms with Gasteiger partial charge in [0.25, 0.3) is 0 Å². The van der Waals surface area contributed by atoms with Gasteiger partial charge in [-0.2, -0.15) is 0 Å². The van der Waals surface area contributed by atoms with Crippen LogP contribution in [0.2, 0.25) is 0 Å². The van der Waals surface area contributed by atoms with Crippen molar-refractivity contribution in [3.05, 3.63) is 102 Å². The number of hydrogen-bond acceptors (Lipinski definition) is 4. The second-order valence-corrected chi connectivity index (χ2v) is 11.8. The van der Waals surface area contributed by atoms with Crippen molar-refractivity contribution in [2.75, 3.05) is 13.1 Å². The summed E-state index contributed by atoms with van der Waals surface area (Å²) >= 11 is 0. The van der Waals surface area contributed by atoms with Crippen LogP contribution in [0.15, 0.2) is 89.8 Å². The van der Waals surface area contributed by atoms with E-state index in [-0.39, 0.29) is 29.0 Å². The molecular formula is C31H39N3O4S. The molecule has 39 heavy (non-hydrogen) atoms. The van der Waals surface area contributed by atoms with Crippen LogP contribution >= 0.6 is 0 Å². The van der Waals surface area contributed by atoms with Crippen molar-refractivity contribution in [3.8, 4) is 0 Å². The van der Waals surface area contributed by atoms with Crippen LogP contribution < -0.4 is 10.0 Å². The minimum absolute atomic E-state index is 0.135. The topological polar surface area (TPSA) is 95.6 Å². The van der Waals surface area contributed by atoms with E-state index in [0.29, 0.717) is 32.5 Å². The second kappa shape index (κ2) is 14.6. The number of amides is 2. The van der Waals surface area contributed by atoms with Gasteiger partial charge in [-0.1, -0.05) is 93.6 Å². The molecule has 0 saturated heterocycles. The molecule has 208 valence electrons. The van der Waals surface area contributed by atoms with Crippen molar-refractivity contribution in [1.82, 2.24) is 14.9 Å². The van der Waals surface area contributed by atoms with Gasteiger partial charge in [-0.15, -0.1) is 0 Å². The second-order valence-electron chi connectivity index (χ2n) is 10.00. The van der Waals surface area contributed by atoms with Gasteiger partial charge in [0.2, 0.25) is 21.8 Å². The van der Waals surface area contributed by atoms with Gasteiger partial charge in [0.05, 0.1) is 4.90 Å². The maximum atomic E-state index is 13.7. The fourth-order valence-corrected chi connectivity index (χ4v) is 5.30. The first kappa shape index (κ1) is 30.1. The first-order valence-corrected chi connectivity index (χ1v) is 14.9. The maximum Gasteiger partial charge on any atom is 0.243 e. The molecule has 0 radical (unpaired) electrons. The first-order valence-electron chi connectivity index (χ1n) is 13.4. The van der Waals surface area contributed by atoms with Crippen molar-refractivity contribution in [2.45, 2.75) is 57.5 Å². The number of nitrogens with zero attached hydrogens (tertiary/aromatic N) is 1. The van der Waals surface area contributed by atoms with Crippen molar-refractivity contribution in [3.63, 3.8) is 0 Å². The van der Waals surface area contributed by atoms with Crippen molar-refractivity contribution >= 4 is 21.8 Å². The highest BCUT2D eigenvalue weighted by atomic mass is 32.2. The molecule has 0 aliphatic rings. The monoisotopic (exact) mass is 549 g/mol. The van der Waals surface area contributed by atoms with E-state index < -0.39 is 16.1 Å². The summed E-state index contributed by atoms with van der Waals surface area (Å²) in [6, 6.07) is 25.3. The predicted molar refractivity (Wildman–Crippen MR) is 154 cm³/mol. The van der Waals surface area contributed by atoms with Crippen LogP contribution in [0, 0.1) is 5.92 Å². The fourth-order valence-electron chi connectivity index (χ4n) is 4.26. The SMILES string of the molecule is CCNS(=O)(=O)c1ccc(CCC(=O)N(Cc2ccccc2)[C@H](Cc2ccccc2)C(=O)NCC(C)C)cc1. The Morgan fingerprint density at radius 3 is 1.97 bits per heavy atom. The summed E-state index contributed by atoms with van der Waals surface area (Å²) in [5, 5.41) is 3.03. The van der Waals surface area contributed by atoms with Crippen LogP contribution in [0.25, 0.3) is 0 Å². The molecule has 0 spiro atoms. The molecule has 0 unspecified atom stereocenters. The van der Waals surface area contributed by atoms with Gasteiger partial charge in [0, 0.05) is 32.5 Å². The number of benzene rings is 3. The summed E-state index contributed by atoms with van der Waals surface area (Å²) in [6.07, 6.45) is 1.02. The molecule has 3 aromatic rings. The molecule has 2 amide bonds. The van der Waals surface area contributed by atoms with E-state index in [1.54, 1.807) is 36.1 Å². The molecular weight excluding hydrogens is 510 g/mol. The number of rotatable bonds is 14. The summed E-state index contributed by atoms with van der Waals surface area (Å²) in [7, 11) is -3.54. The number of carbonyl (C=O) groups is 2. The Hall–Kier alpha value is -3.49. The molecule has 8 heteroatoms. The lowest BCUT2D eigenvalue weighted by atomic mass is 10.0. The highest BCUT2D eigenvalue weighted by Crippen LogP contribution is 2.18. The van der Waals surface area contributed by atoms with E-state index in [2.05, 4.69) is 10.0 Å². The molecule has 0 bridgehead atoms. The maximum absolute atomic E-state index is 13.7. The van der Waals surface area contributed by atoms with E-state index in [1.165, 1.54) is 0 Å². The molecule has 0 aliphatic heterocycles. The van der Waals surface area contributed by atoms with Crippen LogP contribution in [-0.4, -0.2) is 44.3 Å². The normalized spacial score (nSPS) is 12.2. The lowest BCUT2D eigenvalue weighted by Gasteiger charge is -2.32. The summed E-state index contributed by atoms with van der Waals surface area (Å²) in [5.41, 5.74) is 2.77. The van der Waals surface area contributed by atoms with Gasteiger partial charge in [0.15, 0.2) is 0 Å². The number of nitrogens with one attached hydrogen (secondary N) is 2. The van der Waals surface area contributed by atoms with Crippen molar-refractivity contribution in [2.24, 2.45) is 5.92 Å². The van der Waals surface area contributed by atoms with E-state index in [0.717, 1.165) is 16.7 Å². The Morgan fingerprint density at radius 1 is 0.821 bits per heavy atom. The highest BCUT2D eigenvalue weighted by Gasteiger charge is 2.30. The Balaban J connectivity index is 1.84. The van der Waals surface area contributed by atoms with Gasteiger partial charge in [0.1, 0.15) is 6.04 Å². The number of aryl methyl sites for hydroxylation is 1. The molecule has 0 saturated carbocycles. The zero-order valence-corrected chi connectivity index (χ0v) is 23.8. The third-order valence-corrected chi connectivity index (χ3v) is 7.91. The number of hydrogen-bond donors (Lipinski definition) is 2. The average molecular weight is 550 g/mol. The zero-order valence-electron chi connectivity index (χ0n) is 23.0. The van der Waals surface area contributed by atoms with Crippen LogP contribution in [-0.2, 0) is 39.0 Å². The Morgan fingerprint density at radius 2 is 1.41 bits per heavy atom. The highest BCUT2D eigenvalue weighted by molar-refractivity contribution is 7.89. The molecule has 3 aromatic carbocycles. The van der Waals surface area contributed by atoms with E-state index in [1.807, 2.05) is 74.5 Å². The Kier molecular flexibility index (Phi) is 11.3. The van der Waals surface area contributed by atoms with Gasteiger partial charge in [-0.3, -0.25) is 9.59 Å². The third-order valence-electron chi connectivity index (χ3n) is 6.35. The quantitative estimate of drug-likeness (QED) is 0.313. The van der Waals surface area contributed by atoms with Gasteiger partial charge in [-0.05, 0) is 41.2 Å². The van der Waals surface area contributed by atoms with E-state index in [9.17, 15) is 18.0 Å². The predicted octanol–water partition coefficient (Wildman–Crippen LogP) is 4.33. The van der Waals surface area contributed by atoms with Gasteiger partial charge < -0.3 is 10.2 Å². The molecule has 2 N–H and O–H groups in total. The molecule has 0 aromatic heterocycles. The van der Waals surface area contributed by atoms with Crippen LogP contribution in [0.4, 0.5) is 0 Å². The number of carbonyl (C=O) groups excluding carboxylic acids is 2. The lowest BCUT2D eigenvalue weighted by Crippen LogP contribution is -2.51. The Labute approximate surface area is 232 Å². The van der Waals surface area contributed by atoms with E-state index >= 15 is 0 Å². The summed E-state index contributed by atoms with van der Waals surface area (Å²) in [5.74, 6) is -0.0254. The standard InChI is InChI=1S/C31H39N3O4S/c1-4-33-39(37,38)28-18-15-25(16-19-28)17-20-30(35)34(23-27-13-9-6-10-14-27)29(31(36)32-22-24(2)3)21-26-11-7-5-8-12-26/h5-16,18-19,24,29,33H,4,17,20-23H2,1-3H3,(H,32,36)/t29-/m1/s1. The smallest absolute Gasteiger partial charge is 0.243 e. The van der Waals surface area contributed by atoms with Crippen LogP contribution in [0.1, 0.15) is 43.9 Å². The minimum atomic E-state index is -3.54. The molecule has 1 atom stereocenters. The largest absolute Gasteiger partial charge is 0.354 e. The van der Waals surface area contributed by atoms with Crippen molar-refractivity contribution < 1.29 is 18.0 Å². The van der Waals surface area contributed by atoms with Gasteiger partial charge in [-0.25, -0.2) is 13.1 Å². The first-order chi connectivity index (χ1) is 18.7. The fraction of sp³-hybridized carbons (Fsp3) is 0.355. The van der Waals surface area contributed by atoms with E-state index in [4.69, 9.17) is 0 Å². The Bertz CT molecular complexity index is 1290. The molecule has 0 heterocycles. The molecule has 0 fully saturated rings. The van der Waals surface area contributed by atoms with Gasteiger partial charge >= 0.3 is 0 Å². The number of sulfonamides is 1. The average Bonchev–Trinajstić information content (AvgIpc) is 2.93. The zero-order chi connectivity index (χ0) is 28.3. The van der Waals surface area contributed by atoms with Crippen LogP contribution in [0.3, 0.4) is 0 Å². The molecule has 7 nitrogen and oxygen atoms in total.